The SMILES string of the molecule is Cc1ccc(-c2cc(=O)[nH]c(NCc3ccccc3)n2)cc1. The van der Waals surface area contributed by atoms with Gasteiger partial charge in [-0.15, -0.1) is 0 Å². The third-order valence-corrected chi connectivity index (χ3v) is 3.39. The molecule has 1 aromatic heterocycles. The van der Waals surface area contributed by atoms with Crippen molar-refractivity contribution in [2.24, 2.45) is 0 Å². The molecule has 0 bridgehead atoms. The molecule has 0 fully saturated rings. The standard InChI is InChI=1S/C18H17N3O/c1-13-7-9-15(10-8-13)16-11-17(22)21-18(20-16)19-12-14-5-3-2-4-6-14/h2-11H,12H2,1H3,(H2,19,20,21,22). The first-order valence-electron chi connectivity index (χ1n) is 7.17. The van der Waals surface area contributed by atoms with Crippen LogP contribution in [-0.2, 0) is 6.54 Å². The maximum Gasteiger partial charge on any atom is 0.252 e. The third-order valence-electron chi connectivity index (χ3n) is 3.39. The smallest absolute Gasteiger partial charge is 0.252 e. The first-order valence-corrected chi connectivity index (χ1v) is 7.17. The Labute approximate surface area is 128 Å². The van der Waals surface area contributed by atoms with Crippen LogP contribution < -0.4 is 10.9 Å². The molecule has 0 aliphatic rings. The van der Waals surface area contributed by atoms with Crippen LogP contribution >= 0.6 is 0 Å². The Balaban J connectivity index is 1.84. The van der Waals surface area contributed by atoms with Gasteiger partial charge in [-0.1, -0.05) is 60.2 Å². The molecule has 3 rings (SSSR count). The van der Waals surface area contributed by atoms with E-state index in [-0.39, 0.29) is 5.56 Å². The van der Waals surface area contributed by atoms with Crippen molar-refractivity contribution in [2.75, 3.05) is 5.32 Å². The van der Waals surface area contributed by atoms with E-state index in [1.807, 2.05) is 61.5 Å². The summed E-state index contributed by atoms with van der Waals surface area (Å²) in [7, 11) is 0. The number of benzene rings is 2. The topological polar surface area (TPSA) is 57.8 Å². The van der Waals surface area contributed by atoms with E-state index < -0.39 is 0 Å². The highest BCUT2D eigenvalue weighted by molar-refractivity contribution is 5.60. The van der Waals surface area contributed by atoms with Crippen LogP contribution in [0.15, 0.2) is 65.5 Å². The zero-order valence-electron chi connectivity index (χ0n) is 12.3. The molecule has 0 amide bonds. The molecule has 2 aromatic carbocycles. The van der Waals surface area contributed by atoms with Crippen LogP contribution in [0.3, 0.4) is 0 Å². The van der Waals surface area contributed by atoms with E-state index in [2.05, 4.69) is 15.3 Å². The third kappa shape index (κ3) is 3.41. The fraction of sp³-hybridized carbons (Fsp3) is 0.111. The average Bonchev–Trinajstić information content (AvgIpc) is 2.54. The van der Waals surface area contributed by atoms with E-state index in [4.69, 9.17) is 0 Å². The summed E-state index contributed by atoms with van der Waals surface area (Å²) in [5, 5.41) is 3.16. The molecule has 1 heterocycles. The lowest BCUT2D eigenvalue weighted by atomic mass is 10.1. The van der Waals surface area contributed by atoms with Crippen molar-refractivity contribution in [1.82, 2.24) is 9.97 Å². The van der Waals surface area contributed by atoms with Gasteiger partial charge in [-0.2, -0.15) is 0 Å². The molecular formula is C18H17N3O. The molecule has 4 heteroatoms. The van der Waals surface area contributed by atoms with Gasteiger partial charge in [0.1, 0.15) is 0 Å². The van der Waals surface area contributed by atoms with Crippen LogP contribution in [0.1, 0.15) is 11.1 Å². The molecule has 3 aromatic rings. The number of anilines is 1. The van der Waals surface area contributed by atoms with Crippen molar-refractivity contribution in [3.8, 4) is 11.3 Å². The van der Waals surface area contributed by atoms with Gasteiger partial charge in [0.05, 0.1) is 5.69 Å². The van der Waals surface area contributed by atoms with Crippen LogP contribution in [0.2, 0.25) is 0 Å². The molecule has 0 unspecified atom stereocenters. The van der Waals surface area contributed by atoms with Gasteiger partial charge in [0.25, 0.3) is 5.56 Å². The van der Waals surface area contributed by atoms with Crippen LogP contribution in [0, 0.1) is 6.92 Å². The fourth-order valence-electron chi connectivity index (χ4n) is 2.20. The summed E-state index contributed by atoms with van der Waals surface area (Å²) >= 11 is 0. The van der Waals surface area contributed by atoms with Crippen molar-refractivity contribution < 1.29 is 0 Å². The lowest BCUT2D eigenvalue weighted by molar-refractivity contribution is 1.04. The molecule has 2 N–H and O–H groups in total. The van der Waals surface area contributed by atoms with Gasteiger partial charge < -0.3 is 5.32 Å². The number of rotatable bonds is 4. The van der Waals surface area contributed by atoms with Crippen LogP contribution in [0.25, 0.3) is 11.3 Å². The summed E-state index contributed by atoms with van der Waals surface area (Å²) in [6.07, 6.45) is 0. The predicted molar refractivity (Wildman–Crippen MR) is 88.8 cm³/mol. The molecule has 0 aliphatic carbocycles. The van der Waals surface area contributed by atoms with Gasteiger partial charge in [-0.05, 0) is 12.5 Å². The van der Waals surface area contributed by atoms with Crippen molar-refractivity contribution in [3.63, 3.8) is 0 Å². The highest BCUT2D eigenvalue weighted by Crippen LogP contribution is 2.17. The highest BCUT2D eigenvalue weighted by Gasteiger charge is 2.04. The van der Waals surface area contributed by atoms with E-state index in [9.17, 15) is 4.79 Å². The van der Waals surface area contributed by atoms with E-state index in [0.717, 1.165) is 11.1 Å². The maximum atomic E-state index is 11.8. The lowest BCUT2D eigenvalue weighted by Gasteiger charge is -2.07. The van der Waals surface area contributed by atoms with Crippen molar-refractivity contribution in [2.45, 2.75) is 13.5 Å². The monoisotopic (exact) mass is 291 g/mol. The van der Waals surface area contributed by atoms with Crippen LogP contribution in [-0.4, -0.2) is 9.97 Å². The molecule has 22 heavy (non-hydrogen) atoms. The van der Waals surface area contributed by atoms with Gasteiger partial charge in [0.2, 0.25) is 5.95 Å². The molecule has 4 nitrogen and oxygen atoms in total. The number of nitrogens with zero attached hydrogens (tertiary/aromatic N) is 1. The molecule has 0 aliphatic heterocycles. The highest BCUT2D eigenvalue weighted by atomic mass is 16.1. The summed E-state index contributed by atoms with van der Waals surface area (Å²) in [5.74, 6) is 0.479. The number of H-pyrrole nitrogens is 1. The summed E-state index contributed by atoms with van der Waals surface area (Å²) in [6, 6.07) is 19.5. The molecule has 0 saturated heterocycles. The zero-order valence-corrected chi connectivity index (χ0v) is 12.3. The van der Waals surface area contributed by atoms with E-state index in [1.165, 1.54) is 11.6 Å². The summed E-state index contributed by atoms with van der Waals surface area (Å²) in [5.41, 5.74) is 3.74. The van der Waals surface area contributed by atoms with Gasteiger partial charge in [0.15, 0.2) is 0 Å². The second-order valence-corrected chi connectivity index (χ2v) is 5.18. The Hall–Kier alpha value is -2.88. The summed E-state index contributed by atoms with van der Waals surface area (Å²) in [6.45, 7) is 2.64. The lowest BCUT2D eigenvalue weighted by Crippen LogP contribution is -2.12. The Morgan fingerprint density at radius 1 is 1.05 bits per heavy atom. The minimum Gasteiger partial charge on any atom is -0.352 e. The van der Waals surface area contributed by atoms with Gasteiger partial charge in [0, 0.05) is 18.2 Å². The fourth-order valence-corrected chi connectivity index (χ4v) is 2.20. The van der Waals surface area contributed by atoms with Gasteiger partial charge in [-0.25, -0.2) is 4.98 Å². The molecule has 0 atom stereocenters. The number of nitrogens with one attached hydrogen (secondary N) is 2. The normalized spacial score (nSPS) is 10.4. The second kappa shape index (κ2) is 6.26. The Morgan fingerprint density at radius 2 is 1.77 bits per heavy atom. The van der Waals surface area contributed by atoms with Gasteiger partial charge >= 0.3 is 0 Å². The zero-order chi connectivity index (χ0) is 15.4. The average molecular weight is 291 g/mol. The number of hydrogen-bond acceptors (Lipinski definition) is 3. The molecule has 0 radical (unpaired) electrons. The Bertz CT molecular complexity index is 808. The van der Waals surface area contributed by atoms with Crippen LogP contribution in [0.4, 0.5) is 5.95 Å². The first kappa shape index (κ1) is 14.1. The van der Waals surface area contributed by atoms with Crippen molar-refractivity contribution in [3.05, 3.63) is 82.1 Å². The number of aromatic amines is 1. The first-order chi connectivity index (χ1) is 10.7. The van der Waals surface area contributed by atoms with E-state index in [1.54, 1.807) is 0 Å². The minimum absolute atomic E-state index is 0.166. The predicted octanol–water partition coefficient (Wildman–Crippen LogP) is 3.36. The maximum absolute atomic E-state index is 11.8. The number of hydrogen-bond donors (Lipinski definition) is 2. The molecular weight excluding hydrogens is 274 g/mol. The molecule has 0 saturated carbocycles. The Kier molecular flexibility index (Phi) is 4.01. The summed E-state index contributed by atoms with van der Waals surface area (Å²) < 4.78 is 0. The molecule has 110 valence electrons. The largest absolute Gasteiger partial charge is 0.352 e. The Morgan fingerprint density at radius 3 is 2.50 bits per heavy atom. The second-order valence-electron chi connectivity index (χ2n) is 5.18. The van der Waals surface area contributed by atoms with Crippen LogP contribution in [0.5, 0.6) is 0 Å². The van der Waals surface area contributed by atoms with E-state index >= 15 is 0 Å². The van der Waals surface area contributed by atoms with E-state index in [0.29, 0.717) is 18.2 Å². The number of aryl methyl sites for hydroxylation is 1. The van der Waals surface area contributed by atoms with Gasteiger partial charge in [-0.3, -0.25) is 9.78 Å². The quantitative estimate of drug-likeness (QED) is 0.775. The summed E-state index contributed by atoms with van der Waals surface area (Å²) in [4.78, 5) is 19.0. The minimum atomic E-state index is -0.166. The van der Waals surface area contributed by atoms with Crippen molar-refractivity contribution in [1.29, 1.82) is 0 Å². The molecule has 0 spiro atoms. The number of aromatic nitrogens is 2. The van der Waals surface area contributed by atoms with Crippen molar-refractivity contribution >= 4 is 5.95 Å².